The van der Waals surface area contributed by atoms with Gasteiger partial charge in [-0.2, -0.15) is 0 Å². The smallest absolute Gasteiger partial charge is 0.410 e. The fourth-order valence-corrected chi connectivity index (χ4v) is 3.25. The second-order valence-electron chi connectivity index (χ2n) is 6.40. The van der Waals surface area contributed by atoms with E-state index in [9.17, 15) is 9.59 Å². The molecule has 138 valence electrons. The first-order valence-corrected chi connectivity index (χ1v) is 8.89. The van der Waals surface area contributed by atoms with E-state index in [1.165, 1.54) is 11.0 Å². The molecule has 0 radical (unpaired) electrons. The van der Waals surface area contributed by atoms with E-state index in [2.05, 4.69) is 11.5 Å². The Hall–Kier alpha value is -2.76. The van der Waals surface area contributed by atoms with Crippen LogP contribution in [0.5, 0.6) is 0 Å². The van der Waals surface area contributed by atoms with Crippen LogP contribution < -0.4 is 0 Å². The minimum Gasteiger partial charge on any atom is -0.456 e. The van der Waals surface area contributed by atoms with Crippen LogP contribution in [0.25, 0.3) is 0 Å². The molecule has 1 aromatic carbocycles. The van der Waals surface area contributed by atoms with E-state index in [4.69, 9.17) is 9.47 Å². The van der Waals surface area contributed by atoms with Gasteiger partial charge in [-0.25, -0.2) is 9.59 Å². The predicted molar refractivity (Wildman–Crippen MR) is 97.2 cm³/mol. The van der Waals surface area contributed by atoms with Crippen molar-refractivity contribution in [3.8, 4) is 0 Å². The summed E-state index contributed by atoms with van der Waals surface area (Å²) < 4.78 is 10.5. The van der Waals surface area contributed by atoms with Crippen molar-refractivity contribution in [2.75, 3.05) is 32.8 Å². The molecule has 0 aromatic heterocycles. The Kier molecular flexibility index (Phi) is 5.94. The van der Waals surface area contributed by atoms with E-state index < -0.39 is 6.09 Å². The Morgan fingerprint density at radius 3 is 2.65 bits per heavy atom. The van der Waals surface area contributed by atoms with Crippen molar-refractivity contribution in [1.29, 1.82) is 0 Å². The molecule has 6 heteroatoms. The predicted octanol–water partition coefficient (Wildman–Crippen LogP) is 2.72. The van der Waals surface area contributed by atoms with Crippen LogP contribution >= 0.6 is 0 Å². The second kappa shape index (κ2) is 8.56. The summed E-state index contributed by atoms with van der Waals surface area (Å²) in [5.74, 6) is -0.346. The van der Waals surface area contributed by atoms with Gasteiger partial charge in [0.1, 0.15) is 13.2 Å². The zero-order valence-electron chi connectivity index (χ0n) is 14.9. The van der Waals surface area contributed by atoms with Gasteiger partial charge in [0.2, 0.25) is 0 Å². The van der Waals surface area contributed by atoms with Crippen molar-refractivity contribution in [1.82, 2.24) is 9.80 Å². The van der Waals surface area contributed by atoms with Crippen molar-refractivity contribution in [3.05, 3.63) is 59.8 Å². The number of amides is 1. The Bertz CT molecular complexity index is 693. The topological polar surface area (TPSA) is 59.1 Å². The number of hydrogen-bond donors (Lipinski definition) is 0. The van der Waals surface area contributed by atoms with E-state index >= 15 is 0 Å². The number of carbonyl (C=O) groups is 2. The van der Waals surface area contributed by atoms with Gasteiger partial charge in [0.05, 0.1) is 17.8 Å². The fourth-order valence-electron chi connectivity index (χ4n) is 3.25. The molecule has 1 amide bonds. The summed E-state index contributed by atoms with van der Waals surface area (Å²) in [7, 11) is 0. The van der Waals surface area contributed by atoms with E-state index in [-0.39, 0.29) is 25.7 Å². The fraction of sp³-hybridized carbons (Fsp3) is 0.400. The van der Waals surface area contributed by atoms with Crippen molar-refractivity contribution in [2.45, 2.75) is 19.4 Å². The highest BCUT2D eigenvalue weighted by atomic mass is 16.6. The van der Waals surface area contributed by atoms with Crippen LogP contribution in [0.3, 0.4) is 0 Å². The lowest BCUT2D eigenvalue weighted by molar-refractivity contribution is -0.136. The molecular formula is C20H24N2O4. The zero-order chi connectivity index (χ0) is 18.4. The maximum Gasteiger partial charge on any atom is 0.410 e. The van der Waals surface area contributed by atoms with Crippen molar-refractivity contribution in [2.24, 2.45) is 0 Å². The van der Waals surface area contributed by atoms with E-state index in [1.54, 1.807) is 0 Å². The van der Waals surface area contributed by atoms with Gasteiger partial charge in [-0.1, -0.05) is 43.0 Å². The van der Waals surface area contributed by atoms with Crippen LogP contribution in [0.15, 0.2) is 54.3 Å². The number of benzene rings is 1. The first kappa shape index (κ1) is 18.0. The van der Waals surface area contributed by atoms with Crippen LogP contribution in [-0.4, -0.2) is 54.7 Å². The lowest BCUT2D eigenvalue weighted by Crippen LogP contribution is -2.35. The normalized spacial score (nSPS) is 16.6. The van der Waals surface area contributed by atoms with Gasteiger partial charge in [-0.15, -0.1) is 0 Å². The summed E-state index contributed by atoms with van der Waals surface area (Å²) in [6.45, 7) is 6.38. The third-order valence-corrected chi connectivity index (χ3v) is 4.57. The summed E-state index contributed by atoms with van der Waals surface area (Å²) in [5, 5.41) is 0. The Morgan fingerprint density at radius 1 is 1.23 bits per heavy atom. The minimum absolute atomic E-state index is 0.132. The Labute approximate surface area is 153 Å². The van der Waals surface area contributed by atoms with Gasteiger partial charge in [0.15, 0.2) is 0 Å². The van der Waals surface area contributed by atoms with Crippen molar-refractivity contribution in [3.63, 3.8) is 0 Å². The lowest BCUT2D eigenvalue weighted by atomic mass is 10.1. The molecule has 1 saturated heterocycles. The first-order valence-electron chi connectivity index (χ1n) is 8.89. The molecule has 3 rings (SSSR count). The standard InChI is InChI=1S/C20H24N2O4/c1-2-12-25-20(24)22(13-16-8-4-3-5-9-16)14-17-18(15-26-19(17)23)21-10-6-7-11-21/h2-5,8-9H,1,6-7,10-15H2. The second-order valence-corrected chi connectivity index (χ2v) is 6.40. The largest absolute Gasteiger partial charge is 0.456 e. The third kappa shape index (κ3) is 4.25. The summed E-state index contributed by atoms with van der Waals surface area (Å²) >= 11 is 0. The molecule has 0 aliphatic carbocycles. The summed E-state index contributed by atoms with van der Waals surface area (Å²) in [4.78, 5) is 28.5. The van der Waals surface area contributed by atoms with Crippen LogP contribution in [0.2, 0.25) is 0 Å². The molecule has 1 aromatic rings. The van der Waals surface area contributed by atoms with Crippen LogP contribution in [0.4, 0.5) is 4.79 Å². The summed E-state index contributed by atoms with van der Waals surface area (Å²) in [6.07, 6.45) is 3.28. The number of ether oxygens (including phenoxy) is 2. The molecule has 0 atom stereocenters. The van der Waals surface area contributed by atoms with Crippen molar-refractivity contribution >= 4 is 12.1 Å². The maximum atomic E-state index is 12.5. The van der Waals surface area contributed by atoms with E-state index in [0.29, 0.717) is 12.1 Å². The van der Waals surface area contributed by atoms with Crippen LogP contribution in [0, 0.1) is 0 Å². The molecule has 0 N–H and O–H groups in total. The quantitative estimate of drug-likeness (QED) is 0.555. The average Bonchev–Trinajstić information content (AvgIpc) is 3.30. The molecule has 26 heavy (non-hydrogen) atoms. The van der Waals surface area contributed by atoms with E-state index in [0.717, 1.165) is 37.2 Å². The molecule has 2 aliphatic heterocycles. The molecule has 1 fully saturated rings. The molecule has 6 nitrogen and oxygen atoms in total. The van der Waals surface area contributed by atoms with E-state index in [1.807, 2.05) is 30.3 Å². The molecule has 0 saturated carbocycles. The molecule has 2 heterocycles. The Morgan fingerprint density at radius 2 is 1.96 bits per heavy atom. The number of cyclic esters (lactones) is 1. The number of esters is 1. The zero-order valence-corrected chi connectivity index (χ0v) is 14.9. The van der Waals surface area contributed by atoms with Gasteiger partial charge in [-0.05, 0) is 18.4 Å². The molecular weight excluding hydrogens is 332 g/mol. The number of nitrogens with zero attached hydrogens (tertiary/aromatic N) is 2. The lowest BCUT2D eigenvalue weighted by Gasteiger charge is -2.24. The van der Waals surface area contributed by atoms with Gasteiger partial charge >= 0.3 is 12.1 Å². The monoisotopic (exact) mass is 356 g/mol. The number of hydrogen-bond acceptors (Lipinski definition) is 5. The maximum absolute atomic E-state index is 12.5. The Balaban J connectivity index is 1.80. The van der Waals surface area contributed by atoms with Crippen LogP contribution in [0.1, 0.15) is 18.4 Å². The summed E-state index contributed by atoms with van der Waals surface area (Å²) in [5.41, 5.74) is 2.43. The minimum atomic E-state index is -0.471. The SMILES string of the molecule is C=CCOC(=O)N(CC1=C(N2CCCC2)COC1=O)Cc1ccccc1. The van der Waals surface area contributed by atoms with Crippen molar-refractivity contribution < 1.29 is 19.1 Å². The highest BCUT2D eigenvalue weighted by molar-refractivity contribution is 5.92. The molecule has 0 spiro atoms. The highest BCUT2D eigenvalue weighted by Gasteiger charge is 2.32. The number of rotatable bonds is 7. The van der Waals surface area contributed by atoms with Gasteiger partial charge in [0, 0.05) is 19.6 Å². The summed E-state index contributed by atoms with van der Waals surface area (Å²) in [6, 6.07) is 9.64. The molecule has 2 aliphatic rings. The van der Waals surface area contributed by atoms with Gasteiger partial charge < -0.3 is 14.4 Å². The van der Waals surface area contributed by atoms with Gasteiger partial charge in [-0.3, -0.25) is 4.90 Å². The van der Waals surface area contributed by atoms with Crippen LogP contribution in [-0.2, 0) is 20.8 Å². The van der Waals surface area contributed by atoms with Gasteiger partial charge in [0.25, 0.3) is 0 Å². The molecule has 0 bridgehead atoms. The molecule has 0 unspecified atom stereocenters. The number of carbonyl (C=O) groups excluding carboxylic acids is 2. The third-order valence-electron chi connectivity index (χ3n) is 4.57. The first-order chi connectivity index (χ1) is 12.7. The number of likely N-dealkylation sites (tertiary alicyclic amines) is 1. The average molecular weight is 356 g/mol. The highest BCUT2D eigenvalue weighted by Crippen LogP contribution is 2.25.